The third-order valence-corrected chi connectivity index (χ3v) is 3.36. The van der Waals surface area contributed by atoms with Crippen molar-refractivity contribution in [1.29, 1.82) is 0 Å². The van der Waals surface area contributed by atoms with Crippen LogP contribution in [0.5, 0.6) is 0 Å². The molecule has 0 aliphatic heterocycles. The Hall–Kier alpha value is -0.940. The van der Waals surface area contributed by atoms with Gasteiger partial charge in [-0.25, -0.2) is 4.39 Å². The van der Waals surface area contributed by atoms with Crippen molar-refractivity contribution >= 4 is 27.5 Å². The second-order valence-electron chi connectivity index (χ2n) is 3.85. The van der Waals surface area contributed by atoms with Gasteiger partial charge in [-0.1, -0.05) is 34.5 Å². The molecule has 1 heterocycles. The fraction of sp³-hybridized carbons (Fsp3) is 0.333. The predicted octanol–water partition coefficient (Wildman–Crippen LogP) is 4.04. The molecule has 0 radical (unpaired) electrons. The Balaban J connectivity index is 2.49. The summed E-state index contributed by atoms with van der Waals surface area (Å²) < 4.78 is 15.2. The van der Waals surface area contributed by atoms with Gasteiger partial charge in [0.05, 0.1) is 10.4 Å². The number of hydrogen-bond donors (Lipinski definition) is 0. The van der Waals surface area contributed by atoms with Gasteiger partial charge in [0.2, 0.25) is 0 Å². The van der Waals surface area contributed by atoms with Crippen molar-refractivity contribution in [2.75, 3.05) is 0 Å². The van der Waals surface area contributed by atoms with Crippen LogP contribution in [0.3, 0.4) is 0 Å². The molecule has 0 bridgehead atoms. The molecular formula is C12H12BrClFN3. The lowest BCUT2D eigenvalue weighted by molar-refractivity contribution is 0.628. The van der Waals surface area contributed by atoms with E-state index in [1.807, 2.05) is 4.57 Å². The summed E-state index contributed by atoms with van der Waals surface area (Å²) in [4.78, 5) is 0. The Morgan fingerprint density at radius 3 is 2.78 bits per heavy atom. The molecule has 1 aromatic heterocycles. The lowest BCUT2D eigenvalue weighted by Crippen LogP contribution is -2.03. The first-order valence-corrected chi connectivity index (χ1v) is 7.10. The zero-order chi connectivity index (χ0) is 13.1. The summed E-state index contributed by atoms with van der Waals surface area (Å²) in [7, 11) is 0. The predicted molar refractivity (Wildman–Crippen MR) is 73.3 cm³/mol. The Kier molecular flexibility index (Phi) is 4.35. The zero-order valence-corrected chi connectivity index (χ0v) is 12.2. The van der Waals surface area contributed by atoms with Crippen LogP contribution in [0.2, 0.25) is 5.02 Å². The third kappa shape index (κ3) is 2.57. The van der Waals surface area contributed by atoms with Crippen LogP contribution in [-0.2, 0) is 11.9 Å². The highest BCUT2D eigenvalue weighted by Gasteiger charge is 2.13. The van der Waals surface area contributed by atoms with E-state index in [9.17, 15) is 4.39 Å². The molecule has 0 atom stereocenters. The number of benzene rings is 1. The van der Waals surface area contributed by atoms with Crippen LogP contribution < -0.4 is 0 Å². The number of alkyl halides is 1. The average Bonchev–Trinajstić information content (AvgIpc) is 2.76. The summed E-state index contributed by atoms with van der Waals surface area (Å²) in [5.74, 6) is 1.14. The molecule has 0 aliphatic rings. The topological polar surface area (TPSA) is 30.7 Å². The van der Waals surface area contributed by atoms with Gasteiger partial charge in [0.15, 0.2) is 5.82 Å². The maximum absolute atomic E-state index is 13.2. The van der Waals surface area contributed by atoms with Gasteiger partial charge >= 0.3 is 0 Å². The largest absolute Gasteiger partial charge is 0.310 e. The monoisotopic (exact) mass is 331 g/mol. The van der Waals surface area contributed by atoms with Crippen LogP contribution in [0.25, 0.3) is 11.4 Å². The molecule has 0 N–H and O–H groups in total. The minimum Gasteiger partial charge on any atom is -0.310 e. The van der Waals surface area contributed by atoms with E-state index in [0.29, 0.717) is 11.2 Å². The molecule has 1 aromatic carbocycles. The maximum Gasteiger partial charge on any atom is 0.164 e. The number of rotatable bonds is 4. The smallest absolute Gasteiger partial charge is 0.164 e. The van der Waals surface area contributed by atoms with Gasteiger partial charge in [0, 0.05) is 12.1 Å². The molecule has 6 heteroatoms. The van der Waals surface area contributed by atoms with Crippen molar-refractivity contribution in [3.8, 4) is 11.4 Å². The second kappa shape index (κ2) is 5.80. The summed E-state index contributed by atoms with van der Waals surface area (Å²) in [6.45, 7) is 2.90. The molecule has 2 rings (SSSR count). The molecule has 3 nitrogen and oxygen atoms in total. The van der Waals surface area contributed by atoms with Crippen molar-refractivity contribution in [1.82, 2.24) is 14.8 Å². The number of halogens is 3. The first-order chi connectivity index (χ1) is 8.67. The van der Waals surface area contributed by atoms with E-state index in [0.717, 1.165) is 24.4 Å². The SMILES string of the molecule is CCCn1c(CBr)nnc1-c1ccc(F)c(Cl)c1. The van der Waals surface area contributed by atoms with Gasteiger partial charge in [0.25, 0.3) is 0 Å². The van der Waals surface area contributed by atoms with E-state index in [1.165, 1.54) is 6.07 Å². The van der Waals surface area contributed by atoms with Crippen molar-refractivity contribution in [2.24, 2.45) is 0 Å². The highest BCUT2D eigenvalue weighted by Crippen LogP contribution is 2.24. The van der Waals surface area contributed by atoms with Crippen molar-refractivity contribution < 1.29 is 4.39 Å². The summed E-state index contributed by atoms with van der Waals surface area (Å²) in [5, 5.41) is 8.99. The molecular weight excluding hydrogens is 321 g/mol. The first kappa shape index (κ1) is 13.5. The first-order valence-electron chi connectivity index (χ1n) is 5.60. The van der Waals surface area contributed by atoms with E-state index in [-0.39, 0.29) is 5.02 Å². The standard InChI is InChI=1S/C12H12BrClFN3/c1-2-5-18-11(7-13)16-17-12(18)8-3-4-10(15)9(14)6-8/h3-4,6H,2,5,7H2,1H3. The van der Waals surface area contributed by atoms with Gasteiger partial charge in [-0.15, -0.1) is 10.2 Å². The van der Waals surface area contributed by atoms with Crippen LogP contribution in [0, 0.1) is 5.82 Å². The summed E-state index contributed by atoms with van der Waals surface area (Å²) in [5.41, 5.74) is 0.773. The summed E-state index contributed by atoms with van der Waals surface area (Å²) in [6, 6.07) is 4.58. The van der Waals surface area contributed by atoms with Crippen LogP contribution in [0.4, 0.5) is 4.39 Å². The molecule has 96 valence electrons. The third-order valence-electron chi connectivity index (χ3n) is 2.57. The van der Waals surface area contributed by atoms with Crippen molar-refractivity contribution in [2.45, 2.75) is 25.2 Å². The highest BCUT2D eigenvalue weighted by atomic mass is 79.9. The minimum absolute atomic E-state index is 0.0962. The lowest BCUT2D eigenvalue weighted by atomic mass is 10.2. The molecule has 0 saturated carbocycles. The molecule has 0 fully saturated rings. The Labute approximate surface area is 118 Å². The quantitative estimate of drug-likeness (QED) is 0.791. The van der Waals surface area contributed by atoms with E-state index >= 15 is 0 Å². The molecule has 0 amide bonds. The Morgan fingerprint density at radius 1 is 1.39 bits per heavy atom. The summed E-state index contributed by atoms with van der Waals surface area (Å²) in [6.07, 6.45) is 0.972. The van der Waals surface area contributed by atoms with Gasteiger partial charge < -0.3 is 4.57 Å². The molecule has 2 aromatic rings. The molecule has 0 unspecified atom stereocenters. The van der Waals surface area contributed by atoms with Crippen LogP contribution in [0.1, 0.15) is 19.2 Å². The zero-order valence-electron chi connectivity index (χ0n) is 9.83. The van der Waals surface area contributed by atoms with Crippen LogP contribution >= 0.6 is 27.5 Å². The minimum atomic E-state index is -0.428. The number of hydrogen-bond acceptors (Lipinski definition) is 2. The average molecular weight is 333 g/mol. The highest BCUT2D eigenvalue weighted by molar-refractivity contribution is 9.08. The maximum atomic E-state index is 13.2. The van der Waals surface area contributed by atoms with E-state index in [1.54, 1.807) is 12.1 Å². The second-order valence-corrected chi connectivity index (χ2v) is 4.82. The number of aromatic nitrogens is 3. The fourth-order valence-electron chi connectivity index (χ4n) is 1.74. The van der Waals surface area contributed by atoms with Gasteiger partial charge in [-0.2, -0.15) is 0 Å². The fourth-order valence-corrected chi connectivity index (χ4v) is 2.34. The van der Waals surface area contributed by atoms with Gasteiger partial charge in [0.1, 0.15) is 11.6 Å². The Bertz CT molecular complexity index is 556. The summed E-state index contributed by atoms with van der Waals surface area (Å²) >= 11 is 9.17. The van der Waals surface area contributed by atoms with Gasteiger partial charge in [-0.3, -0.25) is 0 Å². The van der Waals surface area contributed by atoms with E-state index < -0.39 is 5.82 Å². The molecule has 0 spiro atoms. The van der Waals surface area contributed by atoms with Gasteiger partial charge in [-0.05, 0) is 24.6 Å². The Morgan fingerprint density at radius 2 is 2.17 bits per heavy atom. The van der Waals surface area contributed by atoms with E-state index in [2.05, 4.69) is 33.1 Å². The van der Waals surface area contributed by atoms with Crippen molar-refractivity contribution in [3.63, 3.8) is 0 Å². The van der Waals surface area contributed by atoms with E-state index in [4.69, 9.17) is 11.6 Å². The normalized spacial score (nSPS) is 10.9. The number of nitrogens with zero attached hydrogens (tertiary/aromatic N) is 3. The molecule has 0 saturated heterocycles. The lowest BCUT2D eigenvalue weighted by Gasteiger charge is -2.08. The molecule has 18 heavy (non-hydrogen) atoms. The van der Waals surface area contributed by atoms with Crippen LogP contribution in [-0.4, -0.2) is 14.8 Å². The van der Waals surface area contributed by atoms with Crippen molar-refractivity contribution in [3.05, 3.63) is 34.9 Å². The van der Waals surface area contributed by atoms with Crippen LogP contribution in [0.15, 0.2) is 18.2 Å². The molecule has 0 aliphatic carbocycles.